The van der Waals surface area contributed by atoms with E-state index in [2.05, 4.69) is 29.4 Å². The van der Waals surface area contributed by atoms with Crippen LogP contribution in [0.25, 0.3) is 0 Å². The number of hydrogen-bond acceptors (Lipinski definition) is 5. The number of carbonyl (C=O) groups is 4. The van der Waals surface area contributed by atoms with Crippen molar-refractivity contribution < 1.29 is 19.2 Å². The summed E-state index contributed by atoms with van der Waals surface area (Å²) < 4.78 is 0. The fourth-order valence-corrected chi connectivity index (χ4v) is 6.06. The van der Waals surface area contributed by atoms with Gasteiger partial charge in [-0.1, -0.05) is 47.1 Å². The van der Waals surface area contributed by atoms with Crippen molar-refractivity contribution in [1.82, 2.24) is 25.3 Å². The van der Waals surface area contributed by atoms with Crippen LogP contribution in [0.3, 0.4) is 0 Å². The van der Waals surface area contributed by atoms with E-state index in [1.165, 1.54) is 0 Å². The Labute approximate surface area is 248 Å². The lowest BCUT2D eigenvalue weighted by Crippen LogP contribution is -2.60. The summed E-state index contributed by atoms with van der Waals surface area (Å²) in [5, 5.41) is 6.06. The molecule has 0 aliphatic carbocycles. The molecule has 2 N–H and O–H groups in total. The van der Waals surface area contributed by atoms with Crippen molar-refractivity contribution in [2.24, 2.45) is 11.3 Å². The number of nitrogens with one attached hydrogen (secondary N) is 2. The number of likely N-dealkylation sites (N-methyl/N-ethyl adjacent to an activating group) is 1. The molecule has 2 saturated heterocycles. The van der Waals surface area contributed by atoms with Crippen molar-refractivity contribution in [3.63, 3.8) is 0 Å². The van der Waals surface area contributed by atoms with Crippen LogP contribution >= 0.6 is 0 Å². The predicted molar refractivity (Wildman–Crippen MR) is 164 cm³/mol. The van der Waals surface area contributed by atoms with Gasteiger partial charge >= 0.3 is 0 Å². The first-order valence-corrected chi connectivity index (χ1v) is 15.6. The van der Waals surface area contributed by atoms with Crippen molar-refractivity contribution >= 4 is 23.6 Å². The minimum absolute atomic E-state index is 0.00415. The van der Waals surface area contributed by atoms with Gasteiger partial charge in [-0.05, 0) is 78.2 Å². The smallest absolute Gasteiger partial charge is 0.249 e. The molecule has 0 radical (unpaired) electrons. The summed E-state index contributed by atoms with van der Waals surface area (Å²) in [6.45, 7) is 21.2. The van der Waals surface area contributed by atoms with Crippen LogP contribution in [0.5, 0.6) is 0 Å². The molecule has 0 saturated carbocycles. The van der Waals surface area contributed by atoms with Crippen LogP contribution in [0.2, 0.25) is 0 Å². The Balaban J connectivity index is 2.26. The Hall–Kier alpha value is -2.42. The molecule has 2 fully saturated rings. The van der Waals surface area contributed by atoms with E-state index in [0.29, 0.717) is 18.5 Å². The Morgan fingerprint density at radius 1 is 0.854 bits per heavy atom. The third-order valence-electron chi connectivity index (χ3n) is 8.39. The molecule has 41 heavy (non-hydrogen) atoms. The Kier molecular flexibility index (Phi) is 12.4. The van der Waals surface area contributed by atoms with Crippen LogP contribution in [-0.4, -0.2) is 94.7 Å². The van der Waals surface area contributed by atoms with Crippen molar-refractivity contribution in [1.29, 1.82) is 0 Å². The maximum absolute atomic E-state index is 14.0. The summed E-state index contributed by atoms with van der Waals surface area (Å²) in [6, 6.07) is -1.54. The molecule has 234 valence electrons. The van der Waals surface area contributed by atoms with Gasteiger partial charge in [0.15, 0.2) is 0 Å². The molecule has 2 aliphatic rings. The number of hydrogen-bond donors (Lipinski definition) is 2. The van der Waals surface area contributed by atoms with Gasteiger partial charge in [-0.3, -0.25) is 24.1 Å². The molecule has 1 unspecified atom stereocenters. The molecule has 2 rings (SSSR count). The molecular weight excluding hydrogens is 518 g/mol. The number of amides is 4. The summed E-state index contributed by atoms with van der Waals surface area (Å²) in [5.41, 5.74) is -0.000204. The van der Waals surface area contributed by atoms with Crippen LogP contribution in [0.4, 0.5) is 0 Å². The number of likely N-dealkylation sites (tertiary alicyclic amines) is 2. The minimum atomic E-state index is -0.718. The van der Waals surface area contributed by atoms with E-state index < -0.39 is 17.5 Å². The molecule has 2 aliphatic heterocycles. The van der Waals surface area contributed by atoms with Gasteiger partial charge in [-0.15, -0.1) is 0 Å². The van der Waals surface area contributed by atoms with Gasteiger partial charge in [0.1, 0.15) is 12.1 Å². The topological polar surface area (TPSA) is 102 Å². The fraction of sp³-hybridized carbons (Fsp3) is 0.812. The SMILES string of the molecule is CC(=CC(C(C)C)N(C)C(=O)[C@@H](NC(=O)[C@H]1CCCCN1C(C)C)C(C)(C)C)C(=O)N1CCC[C@H]1C(=O)NC(C)C. The fourth-order valence-electron chi connectivity index (χ4n) is 6.06. The number of carbonyl (C=O) groups excluding carboxylic acids is 4. The van der Waals surface area contributed by atoms with E-state index in [0.717, 1.165) is 32.2 Å². The summed E-state index contributed by atoms with van der Waals surface area (Å²) >= 11 is 0. The van der Waals surface area contributed by atoms with E-state index in [4.69, 9.17) is 0 Å². The molecule has 0 spiro atoms. The average molecular weight is 576 g/mol. The highest BCUT2D eigenvalue weighted by Gasteiger charge is 2.40. The van der Waals surface area contributed by atoms with Gasteiger partial charge in [0.2, 0.25) is 23.6 Å². The highest BCUT2D eigenvalue weighted by Crippen LogP contribution is 2.27. The van der Waals surface area contributed by atoms with Crippen molar-refractivity contribution in [2.75, 3.05) is 20.1 Å². The number of rotatable bonds is 10. The highest BCUT2D eigenvalue weighted by molar-refractivity contribution is 5.97. The first-order valence-electron chi connectivity index (χ1n) is 15.6. The monoisotopic (exact) mass is 575 g/mol. The third-order valence-corrected chi connectivity index (χ3v) is 8.39. The summed E-state index contributed by atoms with van der Waals surface area (Å²) in [6.07, 6.45) is 6.14. The lowest BCUT2D eigenvalue weighted by atomic mass is 9.84. The quantitative estimate of drug-likeness (QED) is 0.387. The van der Waals surface area contributed by atoms with E-state index in [9.17, 15) is 19.2 Å². The van der Waals surface area contributed by atoms with Crippen LogP contribution < -0.4 is 10.6 Å². The lowest BCUT2D eigenvalue weighted by Gasteiger charge is -2.41. The zero-order valence-corrected chi connectivity index (χ0v) is 27.5. The van der Waals surface area contributed by atoms with Crippen molar-refractivity contribution in [3.8, 4) is 0 Å². The van der Waals surface area contributed by atoms with Crippen molar-refractivity contribution in [2.45, 2.75) is 138 Å². The second-order valence-corrected chi connectivity index (χ2v) is 14.0. The van der Waals surface area contributed by atoms with Gasteiger partial charge in [0.05, 0.1) is 12.1 Å². The van der Waals surface area contributed by atoms with Crippen LogP contribution in [0, 0.1) is 11.3 Å². The Bertz CT molecular complexity index is 968. The molecule has 2 heterocycles. The summed E-state index contributed by atoms with van der Waals surface area (Å²) in [5.74, 6) is -0.545. The lowest BCUT2D eigenvalue weighted by molar-refractivity contribution is -0.142. The molecular formula is C32H57N5O4. The second kappa shape index (κ2) is 14.7. The zero-order chi connectivity index (χ0) is 31.2. The maximum Gasteiger partial charge on any atom is 0.249 e. The molecule has 9 nitrogen and oxygen atoms in total. The molecule has 4 atom stereocenters. The maximum atomic E-state index is 14.0. The summed E-state index contributed by atoms with van der Waals surface area (Å²) in [7, 11) is 1.75. The molecule has 4 amide bonds. The normalized spacial score (nSPS) is 22.2. The minimum Gasteiger partial charge on any atom is -0.352 e. The standard InChI is InChI=1S/C32H57N5O4/c1-20(2)26(19-23(7)30(40)37-18-14-16-25(37)28(38)33-21(3)4)35(11)31(41)27(32(8,9)10)34-29(39)24-15-12-13-17-36(24)22(5)6/h19-22,24-27H,12-18H2,1-11H3,(H,33,38)(H,34,39)/t24-,25+,26?,27-/m1/s1. The Morgan fingerprint density at radius 3 is 1.98 bits per heavy atom. The van der Waals surface area contributed by atoms with Gasteiger partial charge in [0, 0.05) is 31.2 Å². The molecule has 9 heteroatoms. The first-order chi connectivity index (χ1) is 19.0. The van der Waals surface area contributed by atoms with Crippen LogP contribution in [-0.2, 0) is 19.2 Å². The predicted octanol–water partition coefficient (Wildman–Crippen LogP) is 3.73. The largest absolute Gasteiger partial charge is 0.352 e. The molecule has 0 aromatic heterocycles. The third kappa shape index (κ3) is 9.03. The second-order valence-electron chi connectivity index (χ2n) is 14.0. The number of nitrogens with zero attached hydrogens (tertiary/aromatic N) is 3. The van der Waals surface area contributed by atoms with Gasteiger partial charge < -0.3 is 20.4 Å². The van der Waals surface area contributed by atoms with Gasteiger partial charge in [0.25, 0.3) is 0 Å². The van der Waals surface area contributed by atoms with E-state index in [-0.39, 0.29) is 53.7 Å². The summed E-state index contributed by atoms with van der Waals surface area (Å²) in [4.78, 5) is 59.4. The number of piperidine rings is 1. The van der Waals surface area contributed by atoms with Gasteiger partial charge in [-0.25, -0.2) is 0 Å². The molecule has 0 bridgehead atoms. The molecule has 0 aromatic carbocycles. The van der Waals surface area contributed by atoms with Crippen LogP contribution in [0.15, 0.2) is 11.6 Å². The highest BCUT2D eigenvalue weighted by atomic mass is 16.2. The van der Waals surface area contributed by atoms with Crippen LogP contribution in [0.1, 0.15) is 101 Å². The average Bonchev–Trinajstić information content (AvgIpc) is 3.37. The molecule has 0 aromatic rings. The van der Waals surface area contributed by atoms with E-state index in [1.807, 2.05) is 54.5 Å². The zero-order valence-electron chi connectivity index (χ0n) is 27.5. The van der Waals surface area contributed by atoms with Gasteiger partial charge in [-0.2, -0.15) is 0 Å². The van der Waals surface area contributed by atoms with Crippen molar-refractivity contribution in [3.05, 3.63) is 11.6 Å². The van der Waals surface area contributed by atoms with E-state index >= 15 is 0 Å². The Morgan fingerprint density at radius 2 is 1.44 bits per heavy atom. The first kappa shape index (κ1) is 34.8. The van der Waals surface area contributed by atoms with E-state index in [1.54, 1.807) is 23.8 Å².